The summed E-state index contributed by atoms with van der Waals surface area (Å²) in [5.41, 5.74) is 11.3. The lowest BCUT2D eigenvalue weighted by molar-refractivity contribution is -0.657. The van der Waals surface area contributed by atoms with Crippen LogP contribution in [0.4, 0.5) is 0 Å². The first kappa shape index (κ1) is 32.1. The van der Waals surface area contributed by atoms with E-state index in [4.69, 9.17) is 24.5 Å². The van der Waals surface area contributed by atoms with Crippen LogP contribution in [0.2, 0.25) is 0 Å². The molecule has 0 atom stereocenters. The van der Waals surface area contributed by atoms with E-state index >= 15 is 0 Å². The molecule has 0 spiro atoms. The van der Waals surface area contributed by atoms with Gasteiger partial charge in [-0.3, -0.25) is 0 Å². The van der Waals surface area contributed by atoms with E-state index in [1.54, 1.807) is 11.3 Å². The quantitative estimate of drug-likeness (QED) is 0.159. The number of furan rings is 1. The average Bonchev–Trinajstić information content (AvgIpc) is 3.85. The third kappa shape index (κ3) is 5.52. The Morgan fingerprint density at radius 3 is 1.96 bits per heavy atom. The van der Waals surface area contributed by atoms with E-state index in [0.717, 1.165) is 88.0 Å². The molecule has 0 bridgehead atoms. The van der Waals surface area contributed by atoms with Crippen molar-refractivity contribution in [1.82, 2.24) is 20.1 Å². The number of thiophene rings is 1. The maximum atomic E-state index is 6.59. The van der Waals surface area contributed by atoms with Gasteiger partial charge >= 0.3 is 0 Å². The second kappa shape index (κ2) is 13.2. The molecule has 0 N–H and O–H groups in total. The number of hydrogen-bond donors (Lipinski definition) is 0. The van der Waals surface area contributed by atoms with Gasteiger partial charge < -0.3 is 4.42 Å². The van der Waals surface area contributed by atoms with Crippen LogP contribution < -0.4 is 4.68 Å². The van der Waals surface area contributed by atoms with Gasteiger partial charge in [0.05, 0.1) is 15.9 Å². The summed E-state index contributed by atoms with van der Waals surface area (Å²) < 4.78 is 10.8. The molecular weight excluding hydrogens is 707 g/mol. The van der Waals surface area contributed by atoms with E-state index in [-0.39, 0.29) is 0 Å². The van der Waals surface area contributed by atoms with Crippen LogP contribution in [-0.4, -0.2) is 20.1 Å². The molecule has 0 radical (unpaired) electrons. The minimum absolute atomic E-state index is 0.644. The van der Waals surface area contributed by atoms with Gasteiger partial charge in [0.15, 0.2) is 5.82 Å². The van der Waals surface area contributed by atoms with Crippen molar-refractivity contribution in [2.75, 3.05) is 0 Å². The molecule has 11 rings (SSSR count). The van der Waals surface area contributed by atoms with Crippen molar-refractivity contribution in [3.8, 4) is 62.1 Å². The molecule has 0 aliphatic carbocycles. The van der Waals surface area contributed by atoms with Crippen molar-refractivity contribution in [3.63, 3.8) is 0 Å². The molecule has 0 amide bonds. The normalized spacial score (nSPS) is 11.6. The van der Waals surface area contributed by atoms with Gasteiger partial charge in [0.1, 0.15) is 22.2 Å². The van der Waals surface area contributed by atoms with Crippen LogP contribution in [-0.2, 0) is 0 Å². The Kier molecular flexibility index (Phi) is 7.57. The van der Waals surface area contributed by atoms with Gasteiger partial charge in [-0.25, -0.2) is 15.0 Å². The number of fused-ring (bicyclic) bond motifs is 6. The molecule has 0 fully saturated rings. The van der Waals surface area contributed by atoms with Crippen molar-refractivity contribution < 1.29 is 9.10 Å². The molecule has 0 saturated heterocycles. The van der Waals surface area contributed by atoms with Crippen LogP contribution in [0.15, 0.2) is 187 Å². The van der Waals surface area contributed by atoms with Gasteiger partial charge in [0.25, 0.3) is 0 Å². The SMILES string of the molecule is c1ccc(-c2c[n+](-c3cccc4oc5cc(-c6cccc(-c7nc(-c8ccccc8)c8sc9ccccc9c8n7)c6)ccc5c34)nc(-c3ccccc3)n2)cc1. The van der Waals surface area contributed by atoms with Gasteiger partial charge in [-0.05, 0) is 46.1 Å². The fourth-order valence-corrected chi connectivity index (χ4v) is 8.67. The zero-order chi connectivity index (χ0) is 37.0. The van der Waals surface area contributed by atoms with E-state index in [1.165, 1.54) is 4.70 Å². The topological polar surface area (TPSA) is 68.6 Å². The number of rotatable bonds is 6. The van der Waals surface area contributed by atoms with E-state index in [2.05, 4.69) is 109 Å². The van der Waals surface area contributed by atoms with E-state index in [9.17, 15) is 0 Å². The Hall–Kier alpha value is -7.35. The number of hydrogen-bond acceptors (Lipinski definition) is 6. The highest BCUT2D eigenvalue weighted by atomic mass is 32.1. The summed E-state index contributed by atoms with van der Waals surface area (Å²) in [5.74, 6) is 1.34. The fourth-order valence-electron chi connectivity index (χ4n) is 7.52. The van der Waals surface area contributed by atoms with Crippen LogP contribution in [0.3, 0.4) is 0 Å². The second-order valence-corrected chi connectivity index (χ2v) is 14.8. The first-order valence-corrected chi connectivity index (χ1v) is 19.3. The summed E-state index contributed by atoms with van der Waals surface area (Å²) in [6.45, 7) is 0. The summed E-state index contributed by atoms with van der Waals surface area (Å²) >= 11 is 1.74. The standard InChI is InChI=1S/C49H30N5OS/c1-4-14-31(15-5-1)39-30-54(53-49(50-39)33-18-8-3-9-19-33)40-23-13-24-41-44(40)37-27-26-35(29-42(37)55-41)34-20-12-21-36(28-34)48-51-45(32-16-6-2-7-17-32)47-46(52-48)38-22-10-11-25-43(38)56-47/h1-30H/q+1. The molecule has 7 heteroatoms. The molecule has 11 aromatic rings. The summed E-state index contributed by atoms with van der Waals surface area (Å²) in [6.07, 6.45) is 2.00. The number of nitrogens with zero attached hydrogens (tertiary/aromatic N) is 5. The third-order valence-corrected chi connectivity index (χ3v) is 11.4. The Morgan fingerprint density at radius 2 is 1.14 bits per heavy atom. The maximum Gasteiger partial charge on any atom is 0.249 e. The molecule has 4 heterocycles. The lowest BCUT2D eigenvalue weighted by Gasteiger charge is -2.09. The lowest BCUT2D eigenvalue weighted by atomic mass is 10.0. The second-order valence-electron chi connectivity index (χ2n) is 13.7. The van der Waals surface area contributed by atoms with Crippen molar-refractivity contribution in [1.29, 1.82) is 0 Å². The molecule has 262 valence electrons. The zero-order valence-corrected chi connectivity index (χ0v) is 30.7. The molecule has 0 aliphatic heterocycles. The van der Waals surface area contributed by atoms with E-state index in [1.807, 2.05) is 77.6 Å². The van der Waals surface area contributed by atoms with Gasteiger partial charge in [0.2, 0.25) is 17.7 Å². The van der Waals surface area contributed by atoms with Gasteiger partial charge in [-0.15, -0.1) is 11.3 Å². The first-order chi connectivity index (χ1) is 27.7. The minimum atomic E-state index is 0.644. The zero-order valence-electron chi connectivity index (χ0n) is 29.9. The Morgan fingerprint density at radius 1 is 0.464 bits per heavy atom. The van der Waals surface area contributed by atoms with Crippen LogP contribution >= 0.6 is 11.3 Å². The Bertz CT molecular complexity index is 3190. The van der Waals surface area contributed by atoms with Crippen LogP contribution in [0.5, 0.6) is 0 Å². The molecule has 0 saturated carbocycles. The molecule has 56 heavy (non-hydrogen) atoms. The molecule has 4 aromatic heterocycles. The first-order valence-electron chi connectivity index (χ1n) is 18.5. The summed E-state index contributed by atoms with van der Waals surface area (Å²) in [7, 11) is 0. The van der Waals surface area contributed by atoms with Crippen molar-refractivity contribution in [3.05, 3.63) is 182 Å². The summed E-state index contributed by atoms with van der Waals surface area (Å²) in [5, 5.41) is 8.19. The predicted octanol–water partition coefficient (Wildman–Crippen LogP) is 12.1. The monoisotopic (exact) mass is 736 g/mol. The fraction of sp³-hybridized carbons (Fsp3) is 0. The molecule has 0 aliphatic rings. The minimum Gasteiger partial charge on any atom is -0.456 e. The smallest absolute Gasteiger partial charge is 0.249 e. The van der Waals surface area contributed by atoms with Crippen molar-refractivity contribution >= 4 is 53.6 Å². The average molecular weight is 737 g/mol. The van der Waals surface area contributed by atoms with Crippen molar-refractivity contribution in [2.45, 2.75) is 0 Å². The van der Waals surface area contributed by atoms with Gasteiger partial charge in [-0.2, -0.15) is 0 Å². The maximum absolute atomic E-state index is 6.59. The van der Waals surface area contributed by atoms with Gasteiger partial charge in [-0.1, -0.05) is 140 Å². The summed E-state index contributed by atoms with van der Waals surface area (Å²) in [4.78, 5) is 15.4. The summed E-state index contributed by atoms with van der Waals surface area (Å²) in [6, 6.07) is 60.2. The molecular formula is C49H30N5OS+. The van der Waals surface area contributed by atoms with Crippen LogP contribution in [0.25, 0.3) is 104 Å². The van der Waals surface area contributed by atoms with E-state index in [0.29, 0.717) is 11.6 Å². The van der Waals surface area contributed by atoms with Gasteiger partial charge in [0, 0.05) is 48.9 Å². The number of aromatic nitrogens is 5. The van der Waals surface area contributed by atoms with E-state index < -0.39 is 0 Å². The highest BCUT2D eigenvalue weighted by Gasteiger charge is 2.23. The Labute approximate surface area is 325 Å². The highest BCUT2D eigenvalue weighted by molar-refractivity contribution is 7.26. The predicted molar refractivity (Wildman–Crippen MR) is 227 cm³/mol. The van der Waals surface area contributed by atoms with Crippen LogP contribution in [0, 0.1) is 0 Å². The molecule has 7 aromatic carbocycles. The highest BCUT2D eigenvalue weighted by Crippen LogP contribution is 2.40. The van der Waals surface area contributed by atoms with Crippen LogP contribution in [0.1, 0.15) is 0 Å². The number of benzene rings is 7. The lowest BCUT2D eigenvalue weighted by Crippen LogP contribution is -2.36. The third-order valence-electron chi connectivity index (χ3n) is 10.2. The Balaban J connectivity index is 1.03. The largest absolute Gasteiger partial charge is 0.456 e. The molecule has 0 unspecified atom stereocenters. The molecule has 6 nitrogen and oxygen atoms in total. The van der Waals surface area contributed by atoms with Crippen molar-refractivity contribution in [2.24, 2.45) is 0 Å².